The Bertz CT molecular complexity index is 422. The van der Waals surface area contributed by atoms with E-state index < -0.39 is 6.04 Å². The molecule has 138 valence electrons. The summed E-state index contributed by atoms with van der Waals surface area (Å²) in [5.74, 6) is -0.543. The highest BCUT2D eigenvalue weighted by atomic mass is 16.6. The molecule has 1 aliphatic rings. The number of piperazine rings is 1. The van der Waals surface area contributed by atoms with Crippen LogP contribution in [-0.2, 0) is 19.1 Å². The van der Waals surface area contributed by atoms with E-state index in [0.717, 1.165) is 12.8 Å². The van der Waals surface area contributed by atoms with Crippen LogP contribution < -0.4 is 5.73 Å². The van der Waals surface area contributed by atoms with Crippen LogP contribution in [0.5, 0.6) is 0 Å². The maximum Gasteiger partial charge on any atom is 0.409 e. The molecule has 0 spiro atoms. The lowest BCUT2D eigenvalue weighted by Gasteiger charge is -2.35. The predicted octanol–water partition coefficient (Wildman–Crippen LogP) is 0.738. The van der Waals surface area contributed by atoms with E-state index in [1.807, 2.05) is 6.92 Å². The molecular weight excluding hydrogens is 314 g/mol. The van der Waals surface area contributed by atoms with Gasteiger partial charge in [0.15, 0.2) is 0 Å². The maximum absolute atomic E-state index is 12.3. The molecule has 1 saturated heterocycles. The summed E-state index contributed by atoms with van der Waals surface area (Å²) >= 11 is 0. The fourth-order valence-electron chi connectivity index (χ4n) is 2.37. The topological polar surface area (TPSA) is 102 Å². The van der Waals surface area contributed by atoms with Gasteiger partial charge >= 0.3 is 12.1 Å². The number of carbonyl (C=O) groups excluding carboxylic acids is 3. The number of unbranched alkanes of at least 4 members (excludes halogenated alkanes) is 1. The van der Waals surface area contributed by atoms with Crippen molar-refractivity contribution in [2.75, 3.05) is 39.4 Å². The van der Waals surface area contributed by atoms with E-state index >= 15 is 0 Å². The van der Waals surface area contributed by atoms with Crippen LogP contribution in [0.25, 0.3) is 0 Å². The van der Waals surface area contributed by atoms with Gasteiger partial charge in [-0.25, -0.2) is 4.79 Å². The summed E-state index contributed by atoms with van der Waals surface area (Å²) in [7, 11) is 0. The zero-order valence-corrected chi connectivity index (χ0v) is 14.7. The molecule has 0 aromatic heterocycles. The lowest BCUT2D eigenvalue weighted by Crippen LogP contribution is -2.54. The van der Waals surface area contributed by atoms with Crippen LogP contribution in [0.3, 0.4) is 0 Å². The Morgan fingerprint density at radius 2 is 1.67 bits per heavy atom. The van der Waals surface area contributed by atoms with Gasteiger partial charge in [-0.3, -0.25) is 9.59 Å². The summed E-state index contributed by atoms with van der Waals surface area (Å²) in [5, 5.41) is 0. The molecule has 1 fully saturated rings. The fourth-order valence-corrected chi connectivity index (χ4v) is 2.37. The van der Waals surface area contributed by atoms with Gasteiger partial charge in [-0.05, 0) is 19.8 Å². The quantitative estimate of drug-likeness (QED) is 0.515. The summed E-state index contributed by atoms with van der Waals surface area (Å²) in [5.41, 5.74) is 5.86. The summed E-state index contributed by atoms with van der Waals surface area (Å²) in [6.07, 6.45) is 1.88. The average molecular weight is 343 g/mol. The summed E-state index contributed by atoms with van der Waals surface area (Å²) in [6, 6.07) is -0.725. The number of ether oxygens (including phenoxy) is 2. The average Bonchev–Trinajstić information content (AvgIpc) is 2.59. The van der Waals surface area contributed by atoms with Crippen LogP contribution in [0, 0.1) is 0 Å². The lowest BCUT2D eigenvalue weighted by molar-refractivity contribution is -0.143. The second kappa shape index (κ2) is 10.9. The third-order valence-electron chi connectivity index (χ3n) is 3.85. The normalized spacial score (nSPS) is 15.8. The number of hydrogen-bond acceptors (Lipinski definition) is 6. The van der Waals surface area contributed by atoms with Crippen molar-refractivity contribution in [3.05, 3.63) is 0 Å². The third kappa shape index (κ3) is 6.74. The molecule has 0 unspecified atom stereocenters. The van der Waals surface area contributed by atoms with Gasteiger partial charge in [0.25, 0.3) is 0 Å². The molecule has 0 aliphatic carbocycles. The maximum atomic E-state index is 12.3. The van der Waals surface area contributed by atoms with E-state index in [9.17, 15) is 14.4 Å². The smallest absolute Gasteiger partial charge is 0.409 e. The van der Waals surface area contributed by atoms with Gasteiger partial charge < -0.3 is 25.0 Å². The fraction of sp³-hybridized carbons (Fsp3) is 0.812. The van der Waals surface area contributed by atoms with Crippen molar-refractivity contribution in [2.45, 2.75) is 45.6 Å². The molecule has 8 heteroatoms. The Morgan fingerprint density at radius 1 is 1.04 bits per heavy atom. The Kier molecular flexibility index (Phi) is 9.14. The molecule has 1 rings (SSSR count). The highest BCUT2D eigenvalue weighted by Gasteiger charge is 2.28. The van der Waals surface area contributed by atoms with Crippen molar-refractivity contribution >= 4 is 18.0 Å². The standard InChI is InChI=1S/C16H29N3O5/c1-3-5-12-24-16(22)19-10-8-18(9-11-19)15(21)13(17)6-7-14(20)23-4-2/h13H,3-12,17H2,1-2H3/t13-/m0/s1. The van der Waals surface area contributed by atoms with Crippen LogP contribution in [-0.4, -0.2) is 73.2 Å². The Balaban J connectivity index is 2.31. The van der Waals surface area contributed by atoms with Gasteiger partial charge in [0.2, 0.25) is 5.91 Å². The van der Waals surface area contributed by atoms with Crippen molar-refractivity contribution in [3.63, 3.8) is 0 Å². The second-order valence-electron chi connectivity index (χ2n) is 5.73. The first-order valence-corrected chi connectivity index (χ1v) is 8.61. The zero-order chi connectivity index (χ0) is 17.9. The van der Waals surface area contributed by atoms with E-state index in [1.54, 1.807) is 16.7 Å². The first-order chi connectivity index (χ1) is 11.5. The van der Waals surface area contributed by atoms with E-state index in [1.165, 1.54) is 0 Å². The molecule has 2 amide bonds. The molecule has 0 aromatic rings. The minimum Gasteiger partial charge on any atom is -0.466 e. The number of hydrogen-bond donors (Lipinski definition) is 1. The van der Waals surface area contributed by atoms with Gasteiger partial charge in [0, 0.05) is 32.6 Å². The largest absolute Gasteiger partial charge is 0.466 e. The summed E-state index contributed by atoms with van der Waals surface area (Å²) in [4.78, 5) is 38.7. The van der Waals surface area contributed by atoms with Gasteiger partial charge in [0.1, 0.15) is 0 Å². The van der Waals surface area contributed by atoms with Crippen molar-refractivity contribution in [1.29, 1.82) is 0 Å². The number of rotatable bonds is 8. The van der Waals surface area contributed by atoms with Crippen molar-refractivity contribution in [3.8, 4) is 0 Å². The Morgan fingerprint density at radius 3 is 2.25 bits per heavy atom. The molecule has 0 bridgehead atoms. The Labute approximate surface area is 143 Å². The van der Waals surface area contributed by atoms with Gasteiger partial charge in [-0.15, -0.1) is 0 Å². The lowest BCUT2D eigenvalue weighted by atomic mass is 10.1. The first-order valence-electron chi connectivity index (χ1n) is 8.61. The third-order valence-corrected chi connectivity index (χ3v) is 3.85. The molecular formula is C16H29N3O5. The Hall–Kier alpha value is -1.83. The highest BCUT2D eigenvalue weighted by Crippen LogP contribution is 2.08. The molecule has 0 saturated carbocycles. The van der Waals surface area contributed by atoms with Gasteiger partial charge in [-0.2, -0.15) is 0 Å². The van der Waals surface area contributed by atoms with Gasteiger partial charge in [0.05, 0.1) is 19.3 Å². The number of amides is 2. The molecule has 1 aliphatic heterocycles. The SMILES string of the molecule is CCCCOC(=O)N1CCN(C(=O)[C@@H](N)CCC(=O)OCC)CC1. The monoisotopic (exact) mass is 343 g/mol. The molecule has 0 aromatic carbocycles. The van der Waals surface area contributed by atoms with Crippen LogP contribution in [0.1, 0.15) is 39.5 Å². The molecule has 8 nitrogen and oxygen atoms in total. The number of esters is 1. The summed E-state index contributed by atoms with van der Waals surface area (Å²) < 4.78 is 9.98. The number of carbonyl (C=O) groups is 3. The molecule has 0 radical (unpaired) electrons. The number of nitrogens with zero attached hydrogens (tertiary/aromatic N) is 2. The second-order valence-corrected chi connectivity index (χ2v) is 5.73. The van der Waals surface area contributed by atoms with Crippen LogP contribution >= 0.6 is 0 Å². The van der Waals surface area contributed by atoms with E-state index in [0.29, 0.717) is 39.4 Å². The molecule has 1 heterocycles. The van der Waals surface area contributed by atoms with Crippen LogP contribution in [0.4, 0.5) is 4.79 Å². The predicted molar refractivity (Wildman–Crippen MR) is 88.3 cm³/mol. The summed E-state index contributed by atoms with van der Waals surface area (Å²) in [6.45, 7) is 6.22. The molecule has 24 heavy (non-hydrogen) atoms. The van der Waals surface area contributed by atoms with Crippen LogP contribution in [0.15, 0.2) is 0 Å². The van der Waals surface area contributed by atoms with E-state index in [2.05, 4.69) is 0 Å². The zero-order valence-electron chi connectivity index (χ0n) is 14.7. The van der Waals surface area contributed by atoms with Crippen LogP contribution in [0.2, 0.25) is 0 Å². The van der Waals surface area contributed by atoms with Crippen molar-refractivity contribution in [1.82, 2.24) is 9.80 Å². The highest BCUT2D eigenvalue weighted by molar-refractivity contribution is 5.82. The minimum atomic E-state index is -0.725. The molecule has 2 N–H and O–H groups in total. The van der Waals surface area contributed by atoms with Crippen molar-refractivity contribution in [2.24, 2.45) is 5.73 Å². The first kappa shape index (κ1) is 20.2. The van der Waals surface area contributed by atoms with Gasteiger partial charge in [-0.1, -0.05) is 13.3 Å². The van der Waals surface area contributed by atoms with E-state index in [-0.39, 0.29) is 30.8 Å². The minimum absolute atomic E-state index is 0.129. The van der Waals surface area contributed by atoms with E-state index in [4.69, 9.17) is 15.2 Å². The van der Waals surface area contributed by atoms with Crippen molar-refractivity contribution < 1.29 is 23.9 Å². The number of nitrogens with two attached hydrogens (primary N) is 1. The molecule has 1 atom stereocenters.